The number of likely N-dealkylation sites (tertiary alicyclic amines) is 1. The Hall–Kier alpha value is -3.18. The lowest BCUT2D eigenvalue weighted by Gasteiger charge is -2.42. The molecule has 1 aromatic heterocycles. The summed E-state index contributed by atoms with van der Waals surface area (Å²) in [7, 11) is 1.68. The molecule has 42 heavy (non-hydrogen) atoms. The van der Waals surface area contributed by atoms with E-state index < -0.39 is 5.60 Å². The van der Waals surface area contributed by atoms with Gasteiger partial charge in [0.25, 0.3) is 5.56 Å². The van der Waals surface area contributed by atoms with Crippen LogP contribution in [0.3, 0.4) is 0 Å². The average molecular weight is 609 g/mol. The molecule has 1 saturated heterocycles. The number of ether oxygens (including phenoxy) is 1. The SMILES string of the molecule is C=N/C(=C\N=C(/C)N1CCC2(CC1)Cc1ccc(OC)cc1[C@H]2N)Sc1ccc2ncn(CC(C)(C)O)c(=O)c2c1Cl. The zero-order chi connectivity index (χ0) is 30.2. The number of halogens is 1. The molecule has 1 spiro atoms. The Balaban J connectivity index is 1.29. The van der Waals surface area contributed by atoms with Crippen molar-refractivity contribution in [1.82, 2.24) is 14.5 Å². The number of thioether (sulfide) groups is 1. The molecule has 9 nitrogen and oxygen atoms in total. The van der Waals surface area contributed by atoms with Gasteiger partial charge in [-0.1, -0.05) is 29.4 Å². The number of nitrogens with two attached hydrogens (primary N) is 1. The molecule has 0 amide bonds. The number of aromatic nitrogens is 2. The van der Waals surface area contributed by atoms with Crippen LogP contribution < -0.4 is 16.0 Å². The number of hydrogen-bond donors (Lipinski definition) is 2. The normalized spacial score (nSPS) is 18.9. The third-order valence-corrected chi connectivity index (χ3v) is 9.80. The Morgan fingerprint density at radius 2 is 2.07 bits per heavy atom. The van der Waals surface area contributed by atoms with E-state index in [-0.39, 0.29) is 28.6 Å². The summed E-state index contributed by atoms with van der Waals surface area (Å²) < 4.78 is 6.79. The minimum Gasteiger partial charge on any atom is -0.497 e. The maximum absolute atomic E-state index is 13.2. The Morgan fingerprint density at radius 3 is 2.74 bits per heavy atom. The highest BCUT2D eigenvalue weighted by Crippen LogP contribution is 2.51. The van der Waals surface area contributed by atoms with Gasteiger partial charge in [0.15, 0.2) is 0 Å². The second kappa shape index (κ2) is 11.8. The number of methoxy groups -OCH3 is 1. The summed E-state index contributed by atoms with van der Waals surface area (Å²) in [6.45, 7) is 10.8. The van der Waals surface area contributed by atoms with Crippen molar-refractivity contribution >= 4 is 46.8 Å². The van der Waals surface area contributed by atoms with Gasteiger partial charge in [0.05, 0.1) is 47.7 Å². The average Bonchev–Trinajstić information content (AvgIpc) is 3.22. The van der Waals surface area contributed by atoms with Crippen molar-refractivity contribution in [2.75, 3.05) is 20.2 Å². The predicted octanol–water partition coefficient (Wildman–Crippen LogP) is 5.18. The first-order valence-corrected chi connectivity index (χ1v) is 15.1. The molecule has 1 aliphatic heterocycles. The zero-order valence-electron chi connectivity index (χ0n) is 24.4. The van der Waals surface area contributed by atoms with E-state index in [4.69, 9.17) is 27.1 Å². The fourth-order valence-corrected chi connectivity index (χ4v) is 7.05. The van der Waals surface area contributed by atoms with E-state index in [9.17, 15) is 9.90 Å². The highest BCUT2D eigenvalue weighted by atomic mass is 35.5. The fourth-order valence-electron chi connectivity index (χ4n) is 5.97. The van der Waals surface area contributed by atoms with Gasteiger partial charge >= 0.3 is 0 Å². The maximum atomic E-state index is 13.2. The van der Waals surface area contributed by atoms with Gasteiger partial charge in [0.1, 0.15) is 16.6 Å². The largest absolute Gasteiger partial charge is 0.497 e. The molecule has 3 N–H and O–H groups in total. The number of amidine groups is 1. The molecule has 0 saturated carbocycles. The monoisotopic (exact) mass is 608 g/mol. The van der Waals surface area contributed by atoms with Crippen LogP contribution in [0, 0.1) is 5.41 Å². The first-order chi connectivity index (χ1) is 19.9. The number of aliphatic imine (C=N–C) groups is 2. The van der Waals surface area contributed by atoms with Crippen LogP contribution in [0.25, 0.3) is 10.9 Å². The summed E-state index contributed by atoms with van der Waals surface area (Å²) in [5.74, 6) is 1.74. The summed E-state index contributed by atoms with van der Waals surface area (Å²) in [5, 5.41) is 11.3. The number of piperidine rings is 1. The molecular formula is C31H37ClN6O3S. The molecule has 0 radical (unpaired) electrons. The van der Waals surface area contributed by atoms with Crippen LogP contribution in [0.15, 0.2) is 67.6 Å². The Kier molecular flexibility index (Phi) is 8.53. The minimum atomic E-state index is -1.08. The number of fused-ring (bicyclic) bond motifs is 2. The summed E-state index contributed by atoms with van der Waals surface area (Å²) in [4.78, 5) is 29.3. The number of nitrogens with zero attached hydrogens (tertiary/aromatic N) is 5. The molecule has 0 bridgehead atoms. The number of aliphatic hydroxyl groups is 1. The third-order valence-electron chi connectivity index (χ3n) is 8.29. The Labute approximate surface area is 255 Å². The summed E-state index contributed by atoms with van der Waals surface area (Å²) in [6.07, 6.45) is 6.06. The van der Waals surface area contributed by atoms with Gasteiger partial charge in [-0.25, -0.2) is 9.98 Å². The van der Waals surface area contributed by atoms with Gasteiger partial charge in [-0.05, 0) is 87.6 Å². The minimum absolute atomic E-state index is 0.00370. The highest BCUT2D eigenvalue weighted by Gasteiger charge is 2.46. The standard InChI is InChI=1S/C31H37ClN6O3S/c1-19(37-12-10-31(11-13-37)15-20-6-7-21(41-5)14-22(20)28(31)33)35-16-25(34-4)42-24-9-8-23-26(27(24)32)29(39)38(18-36-23)17-30(2,3)40/h6-9,14,16,18,28,40H,4,10-13,15,17,33H2,1-3,5H3/b25-16+,35-19+/t28-/m1/s1. The molecule has 1 atom stereocenters. The molecule has 1 aliphatic carbocycles. The molecule has 1 fully saturated rings. The quantitative estimate of drug-likeness (QED) is 0.216. The molecule has 222 valence electrons. The van der Waals surface area contributed by atoms with E-state index in [0.717, 1.165) is 43.9 Å². The fraction of sp³-hybridized carbons (Fsp3) is 0.419. The van der Waals surface area contributed by atoms with Crippen molar-refractivity contribution in [2.24, 2.45) is 21.1 Å². The highest BCUT2D eigenvalue weighted by molar-refractivity contribution is 8.03. The van der Waals surface area contributed by atoms with Crippen molar-refractivity contribution in [1.29, 1.82) is 0 Å². The molecular weight excluding hydrogens is 572 g/mol. The van der Waals surface area contributed by atoms with Gasteiger partial charge < -0.3 is 20.5 Å². The van der Waals surface area contributed by atoms with Crippen LogP contribution in [-0.2, 0) is 13.0 Å². The molecule has 5 rings (SSSR count). The van der Waals surface area contributed by atoms with E-state index in [1.807, 2.05) is 13.0 Å². The first kappa shape index (κ1) is 30.3. The summed E-state index contributed by atoms with van der Waals surface area (Å²) in [5.41, 5.74) is 8.48. The Bertz CT molecular complexity index is 1640. The van der Waals surface area contributed by atoms with Crippen LogP contribution in [0.5, 0.6) is 5.75 Å². The van der Waals surface area contributed by atoms with Crippen LogP contribution in [0.1, 0.15) is 50.8 Å². The van der Waals surface area contributed by atoms with E-state index in [0.29, 0.717) is 20.8 Å². The van der Waals surface area contributed by atoms with Crippen LogP contribution in [0.2, 0.25) is 5.02 Å². The van der Waals surface area contributed by atoms with Crippen LogP contribution >= 0.6 is 23.4 Å². The van der Waals surface area contributed by atoms with Crippen LogP contribution in [0.4, 0.5) is 0 Å². The van der Waals surface area contributed by atoms with E-state index in [1.54, 1.807) is 39.3 Å². The predicted molar refractivity (Wildman–Crippen MR) is 171 cm³/mol. The van der Waals surface area contributed by atoms with Crippen molar-refractivity contribution in [2.45, 2.75) is 63.1 Å². The van der Waals surface area contributed by atoms with Gasteiger partial charge in [0, 0.05) is 24.0 Å². The number of rotatable bonds is 7. The molecule has 2 aliphatic rings. The molecule has 3 aromatic rings. The van der Waals surface area contributed by atoms with Crippen molar-refractivity contribution in [3.8, 4) is 5.75 Å². The van der Waals surface area contributed by atoms with E-state index in [2.05, 4.69) is 33.7 Å². The molecule has 2 heterocycles. The van der Waals surface area contributed by atoms with E-state index in [1.165, 1.54) is 33.8 Å². The lowest BCUT2D eigenvalue weighted by Crippen LogP contribution is -2.45. The van der Waals surface area contributed by atoms with Crippen molar-refractivity contribution < 1.29 is 9.84 Å². The lowest BCUT2D eigenvalue weighted by atomic mass is 9.73. The second-order valence-corrected chi connectivity index (χ2v) is 13.2. The third kappa shape index (κ3) is 5.99. The smallest absolute Gasteiger partial charge is 0.262 e. The topological polar surface area (TPSA) is 118 Å². The van der Waals surface area contributed by atoms with Gasteiger partial charge in [0.2, 0.25) is 0 Å². The first-order valence-electron chi connectivity index (χ1n) is 13.9. The summed E-state index contributed by atoms with van der Waals surface area (Å²) in [6, 6.07) is 9.81. The Morgan fingerprint density at radius 1 is 1.33 bits per heavy atom. The van der Waals surface area contributed by atoms with Gasteiger partial charge in [-0.15, -0.1) is 0 Å². The second-order valence-electron chi connectivity index (χ2n) is 11.7. The van der Waals surface area contributed by atoms with Crippen molar-refractivity contribution in [3.05, 3.63) is 74.4 Å². The van der Waals surface area contributed by atoms with Gasteiger partial charge in [-0.2, -0.15) is 0 Å². The van der Waals surface area contributed by atoms with Gasteiger partial charge in [-0.3, -0.25) is 14.4 Å². The number of hydrogen-bond acceptors (Lipinski definition) is 8. The van der Waals surface area contributed by atoms with Crippen molar-refractivity contribution in [3.63, 3.8) is 0 Å². The molecule has 0 unspecified atom stereocenters. The maximum Gasteiger partial charge on any atom is 0.262 e. The summed E-state index contributed by atoms with van der Waals surface area (Å²) >= 11 is 7.99. The number of benzene rings is 2. The molecule has 11 heteroatoms. The van der Waals surface area contributed by atoms with Crippen LogP contribution in [-0.4, -0.2) is 57.9 Å². The van der Waals surface area contributed by atoms with E-state index >= 15 is 0 Å². The lowest BCUT2D eigenvalue weighted by molar-refractivity contribution is 0.0603. The zero-order valence-corrected chi connectivity index (χ0v) is 26.0. The molecule has 2 aromatic carbocycles.